The molecule has 1 aliphatic heterocycles. The maximum atomic E-state index is 12.7. The van der Waals surface area contributed by atoms with Crippen molar-refractivity contribution in [3.05, 3.63) is 70.8 Å². The summed E-state index contributed by atoms with van der Waals surface area (Å²) in [6, 6.07) is 13.6. The number of esters is 1. The zero-order valence-electron chi connectivity index (χ0n) is 24.6. The zero-order chi connectivity index (χ0) is 30.6. The van der Waals surface area contributed by atoms with E-state index in [4.69, 9.17) is 23.3 Å². The number of aryl methyl sites for hydroxylation is 2. The lowest BCUT2D eigenvalue weighted by molar-refractivity contribution is -0.290. The Bertz CT molecular complexity index is 1090. The molecule has 2 aromatic carbocycles. The second-order valence-electron chi connectivity index (χ2n) is 9.60. The molecule has 41 heavy (non-hydrogen) atoms. The van der Waals surface area contributed by atoms with Gasteiger partial charge in [0.25, 0.3) is 0 Å². The molecule has 0 aromatic heterocycles. The summed E-state index contributed by atoms with van der Waals surface area (Å²) in [5.74, 6) is -0.806. The van der Waals surface area contributed by atoms with Crippen LogP contribution in [0.15, 0.2) is 48.5 Å². The molecule has 11 nitrogen and oxygen atoms in total. The predicted octanol–water partition coefficient (Wildman–Crippen LogP) is 3.60. The average molecular weight is 598 g/mol. The SMILES string of the molecule is CCN(CC)CC.CO[C@@H]1O[C@H](CO)[C@H](O)[C@H](OC(=O)c2ccc(C)cc2)[C@@H]1OP(=O)(O)OCc1ccc(C)cc1. The molecule has 0 amide bonds. The lowest BCUT2D eigenvalue weighted by Crippen LogP contribution is -2.61. The highest BCUT2D eigenvalue weighted by molar-refractivity contribution is 7.47. The van der Waals surface area contributed by atoms with Gasteiger partial charge in [0.05, 0.1) is 18.8 Å². The molecule has 12 heteroatoms. The molecule has 6 atom stereocenters. The maximum Gasteiger partial charge on any atom is 0.473 e. The minimum absolute atomic E-state index is 0.195. The highest BCUT2D eigenvalue weighted by atomic mass is 31.2. The van der Waals surface area contributed by atoms with Gasteiger partial charge in [-0.2, -0.15) is 0 Å². The van der Waals surface area contributed by atoms with Gasteiger partial charge in [-0.3, -0.25) is 9.05 Å². The zero-order valence-corrected chi connectivity index (χ0v) is 25.5. The summed E-state index contributed by atoms with van der Waals surface area (Å²) in [6.45, 7) is 13.0. The van der Waals surface area contributed by atoms with E-state index >= 15 is 0 Å². The minimum atomic E-state index is -4.73. The number of aliphatic hydroxyl groups excluding tert-OH is 2. The number of hydrogen-bond donors (Lipinski definition) is 3. The standard InChI is InChI=1S/C23H29O10P.C6H15N/c1-14-4-8-16(9-5-14)13-30-34(27,28)33-21-20(19(25)18(12-24)31-23(21)29-3)32-22(26)17-10-6-15(2)7-11-17;1-4-7(5-2)6-3/h4-11,18-21,23-25H,12-13H2,1-3H3,(H,27,28);4-6H2,1-3H3/t18-,19+,20+,21+,23-;/m1./s1. The van der Waals surface area contributed by atoms with Crippen LogP contribution in [0.2, 0.25) is 0 Å². The molecule has 1 heterocycles. The molecule has 0 saturated carbocycles. The smallest absolute Gasteiger partial charge is 0.453 e. The van der Waals surface area contributed by atoms with Crippen LogP contribution in [0, 0.1) is 13.8 Å². The van der Waals surface area contributed by atoms with Gasteiger partial charge in [0.15, 0.2) is 18.5 Å². The van der Waals surface area contributed by atoms with E-state index in [-0.39, 0.29) is 12.2 Å². The number of phosphoric ester groups is 1. The van der Waals surface area contributed by atoms with Crippen LogP contribution < -0.4 is 0 Å². The van der Waals surface area contributed by atoms with E-state index in [9.17, 15) is 24.5 Å². The lowest BCUT2D eigenvalue weighted by Gasteiger charge is -2.42. The fourth-order valence-corrected chi connectivity index (χ4v) is 4.95. The maximum absolute atomic E-state index is 12.7. The van der Waals surface area contributed by atoms with E-state index in [2.05, 4.69) is 25.7 Å². The molecule has 0 radical (unpaired) electrons. The van der Waals surface area contributed by atoms with Crippen LogP contribution in [-0.4, -0.2) is 90.0 Å². The molecule has 3 N–H and O–H groups in total. The van der Waals surface area contributed by atoms with E-state index in [1.165, 1.54) is 38.9 Å². The van der Waals surface area contributed by atoms with Crippen LogP contribution in [0.5, 0.6) is 0 Å². The number of nitrogens with zero attached hydrogens (tertiary/aromatic N) is 1. The summed E-state index contributed by atoms with van der Waals surface area (Å²) < 4.78 is 39.2. The number of phosphoric acid groups is 1. The number of methoxy groups -OCH3 is 1. The van der Waals surface area contributed by atoms with Gasteiger partial charge in [-0.25, -0.2) is 9.36 Å². The molecule has 1 fully saturated rings. The molecular weight excluding hydrogens is 553 g/mol. The van der Waals surface area contributed by atoms with Crippen LogP contribution in [0.3, 0.4) is 0 Å². The van der Waals surface area contributed by atoms with Gasteiger partial charge in [-0.05, 0) is 51.2 Å². The summed E-state index contributed by atoms with van der Waals surface area (Å²) in [6.07, 6.45) is -7.15. The highest BCUT2D eigenvalue weighted by Crippen LogP contribution is 2.48. The van der Waals surface area contributed by atoms with Gasteiger partial charge >= 0.3 is 13.8 Å². The molecule has 0 aliphatic carbocycles. The Morgan fingerprint density at radius 3 is 1.95 bits per heavy atom. The van der Waals surface area contributed by atoms with Crippen LogP contribution in [0.1, 0.15) is 47.8 Å². The first-order chi connectivity index (χ1) is 19.5. The topological polar surface area (TPSA) is 144 Å². The third kappa shape index (κ3) is 10.9. The molecular formula is C29H44NO10P. The Morgan fingerprint density at radius 1 is 0.951 bits per heavy atom. The van der Waals surface area contributed by atoms with E-state index in [0.717, 1.165) is 11.1 Å². The summed E-state index contributed by atoms with van der Waals surface area (Å²) in [5, 5.41) is 20.2. The quantitative estimate of drug-likeness (QED) is 0.244. The van der Waals surface area contributed by atoms with Gasteiger partial charge in [0.2, 0.25) is 0 Å². The fourth-order valence-electron chi connectivity index (χ4n) is 4.05. The Labute approximate surface area is 242 Å². The molecule has 1 unspecified atom stereocenters. The number of carbonyl (C=O) groups excluding carboxylic acids is 1. The average Bonchev–Trinajstić information content (AvgIpc) is 2.96. The largest absolute Gasteiger partial charge is 0.473 e. The Kier molecular flexibility index (Phi) is 14.6. The van der Waals surface area contributed by atoms with Crippen molar-refractivity contribution < 1.29 is 47.7 Å². The predicted molar refractivity (Wildman–Crippen MR) is 153 cm³/mol. The number of carbonyl (C=O) groups is 1. The molecule has 3 rings (SSSR count). The van der Waals surface area contributed by atoms with Gasteiger partial charge < -0.3 is 34.2 Å². The van der Waals surface area contributed by atoms with Gasteiger partial charge in [0, 0.05) is 7.11 Å². The summed E-state index contributed by atoms with van der Waals surface area (Å²) in [7, 11) is -3.49. The Balaban J connectivity index is 0.000000745. The third-order valence-electron chi connectivity index (χ3n) is 6.67. The van der Waals surface area contributed by atoms with Gasteiger partial charge in [-0.1, -0.05) is 68.3 Å². The molecule has 0 spiro atoms. The van der Waals surface area contributed by atoms with Crippen molar-refractivity contribution >= 4 is 13.8 Å². The minimum Gasteiger partial charge on any atom is -0.453 e. The van der Waals surface area contributed by atoms with Crippen molar-refractivity contribution in [3.63, 3.8) is 0 Å². The first-order valence-electron chi connectivity index (χ1n) is 13.7. The van der Waals surface area contributed by atoms with Crippen molar-refractivity contribution in [1.82, 2.24) is 4.90 Å². The Morgan fingerprint density at radius 2 is 1.49 bits per heavy atom. The van der Waals surface area contributed by atoms with Crippen molar-refractivity contribution in [1.29, 1.82) is 0 Å². The van der Waals surface area contributed by atoms with Gasteiger partial charge in [-0.15, -0.1) is 0 Å². The lowest BCUT2D eigenvalue weighted by atomic mass is 9.99. The molecule has 1 saturated heterocycles. The molecule has 230 valence electrons. The van der Waals surface area contributed by atoms with Crippen molar-refractivity contribution in [2.24, 2.45) is 0 Å². The van der Waals surface area contributed by atoms with Crippen LogP contribution in [0.4, 0.5) is 0 Å². The Hall–Kier alpha value is -2.18. The van der Waals surface area contributed by atoms with Crippen molar-refractivity contribution in [2.45, 2.75) is 71.9 Å². The molecule has 0 bridgehead atoms. The number of ether oxygens (including phenoxy) is 3. The summed E-state index contributed by atoms with van der Waals surface area (Å²) in [4.78, 5) is 25.4. The van der Waals surface area contributed by atoms with Crippen molar-refractivity contribution in [3.8, 4) is 0 Å². The number of benzene rings is 2. The van der Waals surface area contributed by atoms with Crippen molar-refractivity contribution in [2.75, 3.05) is 33.4 Å². The van der Waals surface area contributed by atoms with E-state index in [1.54, 1.807) is 24.3 Å². The summed E-state index contributed by atoms with van der Waals surface area (Å²) in [5.41, 5.74) is 2.77. The molecule has 1 aliphatic rings. The number of hydrogen-bond acceptors (Lipinski definition) is 10. The third-order valence-corrected chi connectivity index (χ3v) is 7.64. The summed E-state index contributed by atoms with van der Waals surface area (Å²) >= 11 is 0. The molecule has 2 aromatic rings. The van der Waals surface area contributed by atoms with E-state index in [1.807, 2.05) is 26.0 Å². The fraction of sp³-hybridized carbons (Fsp3) is 0.552. The van der Waals surface area contributed by atoms with E-state index in [0.29, 0.717) is 5.56 Å². The van der Waals surface area contributed by atoms with Crippen LogP contribution >= 0.6 is 7.82 Å². The number of rotatable bonds is 12. The van der Waals surface area contributed by atoms with E-state index < -0.39 is 51.1 Å². The monoisotopic (exact) mass is 597 g/mol. The first-order valence-corrected chi connectivity index (χ1v) is 15.2. The second kappa shape index (κ2) is 17.1. The van der Waals surface area contributed by atoms with Gasteiger partial charge in [0.1, 0.15) is 12.2 Å². The van der Waals surface area contributed by atoms with Crippen LogP contribution in [0.25, 0.3) is 0 Å². The normalized spacial score (nSPS) is 23.8. The van der Waals surface area contributed by atoms with Crippen LogP contribution in [-0.2, 0) is 34.4 Å². The first kappa shape index (κ1) is 35.0. The highest BCUT2D eigenvalue weighted by Gasteiger charge is 2.51. The number of aliphatic hydroxyl groups is 2. The second-order valence-corrected chi connectivity index (χ2v) is 11.0.